The van der Waals surface area contributed by atoms with Crippen LogP contribution in [0.4, 0.5) is 5.13 Å². The van der Waals surface area contributed by atoms with Gasteiger partial charge in [0.05, 0.1) is 0 Å². The summed E-state index contributed by atoms with van der Waals surface area (Å²) in [6.07, 6.45) is 8.77. The fourth-order valence-electron chi connectivity index (χ4n) is 4.18. The van der Waals surface area contributed by atoms with Gasteiger partial charge in [0.25, 0.3) is 0 Å². The molecule has 0 spiro atoms. The number of fused-ring (bicyclic) bond motifs is 1. The first-order valence-corrected chi connectivity index (χ1v) is 13.8. The summed E-state index contributed by atoms with van der Waals surface area (Å²) in [4.78, 5) is 25.9. The van der Waals surface area contributed by atoms with Gasteiger partial charge in [0.15, 0.2) is 11.5 Å². The van der Waals surface area contributed by atoms with Gasteiger partial charge in [-0.15, -0.1) is 10.2 Å². The number of hydrogen-bond donors (Lipinski definition) is 2. The molecule has 2 N–H and O–H groups in total. The lowest BCUT2D eigenvalue weighted by Crippen LogP contribution is -2.45. The van der Waals surface area contributed by atoms with E-state index in [1.807, 2.05) is 48.5 Å². The van der Waals surface area contributed by atoms with Crippen molar-refractivity contribution in [1.82, 2.24) is 15.5 Å². The molecule has 3 aromatic rings. The number of amides is 2. The molecule has 1 aliphatic heterocycles. The molecule has 1 atom stereocenters. The molecule has 0 saturated carbocycles. The molecule has 9 heteroatoms. The zero-order chi connectivity index (χ0) is 25.9. The van der Waals surface area contributed by atoms with Crippen molar-refractivity contribution in [3.8, 4) is 22.1 Å². The predicted molar refractivity (Wildman–Crippen MR) is 145 cm³/mol. The largest absolute Gasteiger partial charge is 0.454 e. The van der Waals surface area contributed by atoms with Crippen LogP contribution in [-0.4, -0.2) is 34.8 Å². The lowest BCUT2D eigenvalue weighted by Gasteiger charge is -2.18. The van der Waals surface area contributed by atoms with Gasteiger partial charge >= 0.3 is 0 Å². The van der Waals surface area contributed by atoms with E-state index in [2.05, 4.69) is 27.8 Å². The van der Waals surface area contributed by atoms with Crippen LogP contribution in [0.25, 0.3) is 10.6 Å². The number of aromatic nitrogens is 2. The maximum absolute atomic E-state index is 13.2. The normalized spacial score (nSPS) is 12.8. The van der Waals surface area contributed by atoms with Gasteiger partial charge in [0.2, 0.25) is 23.7 Å². The summed E-state index contributed by atoms with van der Waals surface area (Å²) in [5, 5.41) is 15.2. The zero-order valence-electron chi connectivity index (χ0n) is 21.2. The highest BCUT2D eigenvalue weighted by Gasteiger charge is 2.23. The summed E-state index contributed by atoms with van der Waals surface area (Å²) < 4.78 is 10.8. The van der Waals surface area contributed by atoms with Crippen LogP contribution < -0.4 is 20.1 Å². The van der Waals surface area contributed by atoms with E-state index in [-0.39, 0.29) is 18.6 Å². The Bertz CT molecular complexity index is 1170. The number of carbonyl (C=O) groups excluding carboxylic acids is 2. The maximum atomic E-state index is 13.2. The number of nitrogens with one attached hydrogen (secondary N) is 2. The molecule has 2 aromatic carbocycles. The number of nitrogens with zero attached hydrogens (tertiary/aromatic N) is 2. The van der Waals surface area contributed by atoms with Gasteiger partial charge in [-0.25, -0.2) is 0 Å². The molecule has 0 radical (unpaired) electrons. The first kappa shape index (κ1) is 26.6. The average molecular weight is 523 g/mol. The third-order valence-corrected chi connectivity index (χ3v) is 7.10. The molecule has 8 nitrogen and oxygen atoms in total. The molecule has 196 valence electrons. The Hall–Kier alpha value is -3.46. The number of hydrogen-bond acceptors (Lipinski definition) is 7. The van der Waals surface area contributed by atoms with Crippen molar-refractivity contribution in [2.24, 2.45) is 0 Å². The van der Waals surface area contributed by atoms with Gasteiger partial charge in [-0.1, -0.05) is 87.1 Å². The van der Waals surface area contributed by atoms with Crippen LogP contribution >= 0.6 is 11.3 Å². The van der Waals surface area contributed by atoms with Gasteiger partial charge in [-0.05, 0) is 30.2 Å². The molecule has 0 aliphatic carbocycles. The van der Waals surface area contributed by atoms with Crippen LogP contribution in [0.3, 0.4) is 0 Å². The van der Waals surface area contributed by atoms with Crippen LogP contribution in [-0.2, 0) is 16.0 Å². The molecule has 1 aromatic heterocycles. The topological polar surface area (TPSA) is 102 Å². The predicted octanol–water partition coefficient (Wildman–Crippen LogP) is 5.74. The molecule has 2 amide bonds. The second-order valence-electron chi connectivity index (χ2n) is 9.15. The monoisotopic (exact) mass is 522 g/mol. The second-order valence-corrected chi connectivity index (χ2v) is 10.1. The molecule has 1 aliphatic rings. The quantitative estimate of drug-likeness (QED) is 0.262. The van der Waals surface area contributed by atoms with Crippen molar-refractivity contribution < 1.29 is 19.1 Å². The van der Waals surface area contributed by atoms with Gasteiger partial charge in [-0.2, -0.15) is 0 Å². The average Bonchev–Trinajstić information content (AvgIpc) is 3.57. The van der Waals surface area contributed by atoms with E-state index in [4.69, 9.17) is 9.47 Å². The Morgan fingerprint density at radius 3 is 2.51 bits per heavy atom. The summed E-state index contributed by atoms with van der Waals surface area (Å²) in [5.41, 5.74) is 1.79. The van der Waals surface area contributed by atoms with Crippen molar-refractivity contribution in [2.75, 3.05) is 12.1 Å². The minimum Gasteiger partial charge on any atom is -0.454 e. The van der Waals surface area contributed by atoms with E-state index in [9.17, 15) is 9.59 Å². The number of anilines is 1. The van der Waals surface area contributed by atoms with Crippen LogP contribution in [0.2, 0.25) is 0 Å². The Labute approximate surface area is 221 Å². The van der Waals surface area contributed by atoms with Crippen molar-refractivity contribution in [3.05, 3.63) is 54.1 Å². The molecule has 0 bridgehead atoms. The summed E-state index contributed by atoms with van der Waals surface area (Å²) in [7, 11) is 0. The lowest BCUT2D eigenvalue weighted by atomic mass is 10.0. The van der Waals surface area contributed by atoms with Crippen molar-refractivity contribution in [2.45, 2.75) is 70.8 Å². The summed E-state index contributed by atoms with van der Waals surface area (Å²) in [6, 6.07) is 14.5. The Morgan fingerprint density at radius 1 is 0.946 bits per heavy atom. The van der Waals surface area contributed by atoms with E-state index >= 15 is 0 Å². The van der Waals surface area contributed by atoms with E-state index in [1.165, 1.54) is 37.0 Å². The summed E-state index contributed by atoms with van der Waals surface area (Å²) in [5.74, 6) is 0.927. The fourth-order valence-corrected chi connectivity index (χ4v) is 4.92. The zero-order valence-corrected chi connectivity index (χ0v) is 22.0. The van der Waals surface area contributed by atoms with E-state index < -0.39 is 6.04 Å². The van der Waals surface area contributed by atoms with Crippen LogP contribution in [0.15, 0.2) is 48.5 Å². The van der Waals surface area contributed by atoms with Gasteiger partial charge in [0, 0.05) is 18.4 Å². The fraction of sp³-hybridized carbons (Fsp3) is 0.429. The van der Waals surface area contributed by atoms with Crippen molar-refractivity contribution in [1.29, 1.82) is 0 Å². The first-order chi connectivity index (χ1) is 18.1. The van der Waals surface area contributed by atoms with E-state index in [0.29, 0.717) is 34.5 Å². The molecule has 0 unspecified atom stereocenters. The maximum Gasteiger partial charge on any atom is 0.249 e. The molecule has 0 saturated heterocycles. The molecule has 2 heterocycles. The molecular formula is C28H34N4O4S. The van der Waals surface area contributed by atoms with E-state index in [1.54, 1.807) is 0 Å². The Balaban J connectivity index is 1.34. The van der Waals surface area contributed by atoms with E-state index in [0.717, 1.165) is 30.4 Å². The SMILES string of the molecule is CCCCCCCCCC(=O)N[C@H](Cc1ccccc1)C(=O)Nc1nnc(-c2ccc3c(c2)OCO3)s1. The van der Waals surface area contributed by atoms with Crippen LogP contribution in [0.1, 0.15) is 63.9 Å². The Kier molecular flexibility index (Phi) is 9.88. The highest BCUT2D eigenvalue weighted by molar-refractivity contribution is 7.18. The minimum atomic E-state index is -0.711. The van der Waals surface area contributed by atoms with Gasteiger partial charge < -0.3 is 14.8 Å². The van der Waals surface area contributed by atoms with Gasteiger partial charge in [0.1, 0.15) is 11.0 Å². The standard InChI is InChI=1S/C28H34N4O4S/c1-2-3-4-5-6-7-11-14-25(33)29-22(17-20-12-9-8-10-13-20)26(34)30-28-32-31-27(37-28)21-15-16-23-24(18-21)36-19-35-23/h8-10,12-13,15-16,18,22H,2-7,11,14,17,19H2,1H3,(H,29,33)(H,30,32,34)/t22-/m1/s1. The lowest BCUT2D eigenvalue weighted by molar-refractivity contribution is -0.126. The molecule has 37 heavy (non-hydrogen) atoms. The number of carbonyl (C=O) groups is 2. The minimum absolute atomic E-state index is 0.108. The molecule has 4 rings (SSSR count). The third kappa shape index (κ3) is 8.01. The highest BCUT2D eigenvalue weighted by atomic mass is 32.1. The van der Waals surface area contributed by atoms with Crippen LogP contribution in [0, 0.1) is 0 Å². The third-order valence-electron chi connectivity index (χ3n) is 6.22. The second kappa shape index (κ2) is 13.7. The van der Waals surface area contributed by atoms with Crippen molar-refractivity contribution in [3.63, 3.8) is 0 Å². The number of rotatable bonds is 14. The summed E-state index contributed by atoms with van der Waals surface area (Å²) in [6.45, 7) is 2.40. The van der Waals surface area contributed by atoms with Crippen LogP contribution in [0.5, 0.6) is 11.5 Å². The Morgan fingerprint density at radius 2 is 1.70 bits per heavy atom. The number of ether oxygens (including phenoxy) is 2. The molecular weight excluding hydrogens is 488 g/mol. The molecule has 0 fully saturated rings. The van der Waals surface area contributed by atoms with Crippen molar-refractivity contribution >= 4 is 28.3 Å². The number of unbranched alkanes of at least 4 members (excludes halogenated alkanes) is 6. The first-order valence-electron chi connectivity index (χ1n) is 13.0. The smallest absolute Gasteiger partial charge is 0.249 e. The van der Waals surface area contributed by atoms with Gasteiger partial charge in [-0.3, -0.25) is 14.9 Å². The summed E-state index contributed by atoms with van der Waals surface area (Å²) >= 11 is 1.26. The number of benzene rings is 2. The highest BCUT2D eigenvalue weighted by Crippen LogP contribution is 2.37.